The average molecular weight is 1170 g/mol. The third-order valence-corrected chi connectivity index (χ3v) is 17.6. The molecule has 0 radical (unpaired) electrons. The fourth-order valence-electron chi connectivity index (χ4n) is 11.9. The number of allylic oxidation sites excluding steroid dienone is 5. The zero-order chi connectivity index (χ0) is 59.9. The van der Waals surface area contributed by atoms with Crippen molar-refractivity contribution >= 4 is 11.9 Å². The van der Waals surface area contributed by atoms with Crippen molar-refractivity contribution in [3.8, 4) is 0 Å². The number of nitrogens with one attached hydrogen (secondary N) is 1. The molecular weight excluding hydrogens is 1020 g/mol. The molecule has 83 heavy (non-hydrogen) atoms. The Morgan fingerprint density at radius 3 is 0.964 bits per heavy atom. The van der Waals surface area contributed by atoms with E-state index in [9.17, 15) is 19.8 Å². The van der Waals surface area contributed by atoms with Gasteiger partial charge in [0, 0.05) is 12.8 Å². The number of aliphatic hydroxyl groups is 2. The summed E-state index contributed by atoms with van der Waals surface area (Å²) in [6, 6.07) is -0.627. The number of esters is 1. The van der Waals surface area contributed by atoms with Crippen LogP contribution in [0.5, 0.6) is 0 Å². The highest BCUT2D eigenvalue weighted by molar-refractivity contribution is 5.76. The highest BCUT2D eigenvalue weighted by Crippen LogP contribution is 2.19. The van der Waals surface area contributed by atoms with Crippen LogP contribution in [0, 0.1) is 0 Å². The lowest BCUT2D eigenvalue weighted by atomic mass is 10.0. The van der Waals surface area contributed by atoms with Gasteiger partial charge in [0.1, 0.15) is 0 Å². The van der Waals surface area contributed by atoms with E-state index in [2.05, 4.69) is 43.5 Å². The molecule has 0 aliphatic heterocycles. The summed E-state index contributed by atoms with van der Waals surface area (Å²) in [7, 11) is 0. The fraction of sp³-hybridized carbons (Fsp3) is 0.896. The molecule has 1 amide bonds. The highest BCUT2D eigenvalue weighted by atomic mass is 16.5. The standard InChI is InChI=1S/C77H147NO5/c1-3-5-7-9-11-13-15-17-18-19-20-21-22-27-30-33-36-39-42-46-49-53-57-61-65-69-75(80)74(73-79)78-76(81)70-66-62-58-54-50-47-43-40-37-34-31-28-25-23-24-26-29-32-35-38-41-44-48-52-56-60-64-68-72-83-77(82)71-67-63-59-55-51-45-16-14-12-10-8-6-4-2/h8,10,14,16,65,69,74-75,79-80H,3-7,9,11-13,15,17-64,66-68,70-73H2,1-2H3,(H,78,81)/b10-8-,16-14-,69-65+. The van der Waals surface area contributed by atoms with Crippen LogP contribution in [0.2, 0.25) is 0 Å². The Hall–Kier alpha value is -1.92. The molecule has 0 fully saturated rings. The number of hydrogen-bond donors (Lipinski definition) is 3. The van der Waals surface area contributed by atoms with Gasteiger partial charge in [-0.2, -0.15) is 0 Å². The number of unbranched alkanes of at least 4 members (excludes halogenated alkanes) is 56. The molecule has 0 aromatic heterocycles. The molecule has 0 aliphatic carbocycles. The summed E-state index contributed by atoms with van der Waals surface area (Å²) in [5.41, 5.74) is 0. The topological polar surface area (TPSA) is 95.9 Å². The minimum Gasteiger partial charge on any atom is -0.466 e. The minimum absolute atomic E-state index is 0.00363. The first kappa shape index (κ1) is 81.1. The lowest BCUT2D eigenvalue weighted by Crippen LogP contribution is -2.45. The maximum atomic E-state index is 12.6. The van der Waals surface area contributed by atoms with Crippen LogP contribution in [0.15, 0.2) is 36.5 Å². The van der Waals surface area contributed by atoms with Crippen molar-refractivity contribution in [2.24, 2.45) is 0 Å². The van der Waals surface area contributed by atoms with Crippen molar-refractivity contribution < 1.29 is 24.5 Å². The van der Waals surface area contributed by atoms with Crippen molar-refractivity contribution in [1.29, 1.82) is 0 Å². The molecule has 0 saturated heterocycles. The first-order valence-corrected chi connectivity index (χ1v) is 37.8. The molecule has 2 atom stereocenters. The van der Waals surface area contributed by atoms with Crippen molar-refractivity contribution in [3.05, 3.63) is 36.5 Å². The van der Waals surface area contributed by atoms with Gasteiger partial charge in [-0.3, -0.25) is 9.59 Å². The van der Waals surface area contributed by atoms with Crippen molar-refractivity contribution in [1.82, 2.24) is 5.32 Å². The molecule has 6 nitrogen and oxygen atoms in total. The van der Waals surface area contributed by atoms with Crippen LogP contribution in [0.3, 0.4) is 0 Å². The van der Waals surface area contributed by atoms with E-state index in [0.29, 0.717) is 19.4 Å². The van der Waals surface area contributed by atoms with Crippen molar-refractivity contribution in [2.45, 2.75) is 431 Å². The summed E-state index contributed by atoms with van der Waals surface area (Å²) >= 11 is 0. The third-order valence-electron chi connectivity index (χ3n) is 17.6. The largest absolute Gasteiger partial charge is 0.466 e. The number of aliphatic hydroxyl groups excluding tert-OH is 2. The first-order valence-electron chi connectivity index (χ1n) is 37.8. The van der Waals surface area contributed by atoms with Gasteiger partial charge < -0.3 is 20.3 Å². The number of ether oxygens (including phenoxy) is 1. The average Bonchev–Trinajstić information content (AvgIpc) is 3.48. The van der Waals surface area contributed by atoms with E-state index in [1.54, 1.807) is 6.08 Å². The van der Waals surface area contributed by atoms with Crippen LogP contribution in [0.1, 0.15) is 418 Å². The molecule has 0 bridgehead atoms. The fourth-order valence-corrected chi connectivity index (χ4v) is 11.9. The van der Waals surface area contributed by atoms with Gasteiger partial charge in [0.05, 0.1) is 25.4 Å². The minimum atomic E-state index is -0.844. The molecule has 0 saturated carbocycles. The molecule has 0 spiro atoms. The van der Waals surface area contributed by atoms with Gasteiger partial charge in [-0.15, -0.1) is 0 Å². The molecule has 2 unspecified atom stereocenters. The second-order valence-electron chi connectivity index (χ2n) is 26.0. The Morgan fingerprint density at radius 1 is 0.337 bits per heavy atom. The van der Waals surface area contributed by atoms with Crippen LogP contribution in [0.25, 0.3) is 0 Å². The van der Waals surface area contributed by atoms with Crippen molar-refractivity contribution in [2.75, 3.05) is 13.2 Å². The predicted molar refractivity (Wildman–Crippen MR) is 366 cm³/mol. The normalized spacial score (nSPS) is 12.7. The van der Waals surface area contributed by atoms with E-state index < -0.39 is 12.1 Å². The highest BCUT2D eigenvalue weighted by Gasteiger charge is 2.18. The Bertz CT molecular complexity index is 1340. The monoisotopic (exact) mass is 1170 g/mol. The van der Waals surface area contributed by atoms with Gasteiger partial charge in [0.2, 0.25) is 5.91 Å². The quantitative estimate of drug-likeness (QED) is 0.0320. The van der Waals surface area contributed by atoms with E-state index in [0.717, 1.165) is 51.4 Å². The van der Waals surface area contributed by atoms with Gasteiger partial charge in [0.15, 0.2) is 0 Å². The summed E-state index contributed by atoms with van der Waals surface area (Å²) in [5.74, 6) is -0.0565. The smallest absolute Gasteiger partial charge is 0.305 e. The summed E-state index contributed by atoms with van der Waals surface area (Å²) in [4.78, 5) is 24.6. The van der Waals surface area contributed by atoms with Crippen LogP contribution < -0.4 is 5.32 Å². The molecule has 0 heterocycles. The molecule has 0 aromatic rings. The Kier molecular flexibility index (Phi) is 70.9. The van der Waals surface area contributed by atoms with E-state index in [1.807, 2.05) is 6.08 Å². The van der Waals surface area contributed by atoms with Gasteiger partial charge in [-0.05, 0) is 57.8 Å². The molecule has 0 aliphatic rings. The number of carbonyl (C=O) groups is 2. The number of hydrogen-bond acceptors (Lipinski definition) is 5. The predicted octanol–water partition coefficient (Wildman–Crippen LogP) is 24.7. The lowest BCUT2D eigenvalue weighted by molar-refractivity contribution is -0.143. The summed E-state index contributed by atoms with van der Waals surface area (Å²) in [6.07, 6.45) is 93.9. The second kappa shape index (κ2) is 72.6. The third kappa shape index (κ3) is 69.1. The lowest BCUT2D eigenvalue weighted by Gasteiger charge is -2.20. The van der Waals surface area contributed by atoms with Crippen LogP contribution in [-0.4, -0.2) is 47.4 Å². The maximum Gasteiger partial charge on any atom is 0.305 e. The van der Waals surface area contributed by atoms with Crippen molar-refractivity contribution in [3.63, 3.8) is 0 Å². The van der Waals surface area contributed by atoms with E-state index in [-0.39, 0.29) is 18.5 Å². The Labute approximate surface area is 519 Å². The van der Waals surface area contributed by atoms with Crippen LogP contribution in [0.4, 0.5) is 0 Å². The molecule has 490 valence electrons. The Balaban J connectivity index is 3.38. The van der Waals surface area contributed by atoms with Gasteiger partial charge in [0.25, 0.3) is 0 Å². The molecule has 0 aromatic carbocycles. The zero-order valence-corrected chi connectivity index (χ0v) is 56.2. The zero-order valence-electron chi connectivity index (χ0n) is 56.2. The molecular formula is C77H147NO5. The van der Waals surface area contributed by atoms with Gasteiger partial charge >= 0.3 is 5.97 Å². The first-order chi connectivity index (χ1) is 41.0. The summed E-state index contributed by atoms with van der Waals surface area (Å²) in [6.45, 7) is 4.88. The molecule has 6 heteroatoms. The van der Waals surface area contributed by atoms with E-state index >= 15 is 0 Å². The van der Waals surface area contributed by atoms with Gasteiger partial charge in [-0.25, -0.2) is 0 Å². The SMILES string of the molecule is CCC/C=C\C/C=C\CCCCCCCC(=O)OCCCCCCCCCCCCCCCCCCCCCCCCCCCCCCC(=O)NC(CO)C(O)/C=C/CCCCCCCCCCCCCCCCCCCCCCCCC. The number of rotatable bonds is 71. The molecule has 3 N–H and O–H groups in total. The number of amides is 1. The summed E-state index contributed by atoms with van der Waals surface area (Å²) in [5, 5.41) is 23.3. The number of carbonyl (C=O) groups excluding carboxylic acids is 2. The molecule has 0 rings (SSSR count). The van der Waals surface area contributed by atoms with Gasteiger partial charge in [-0.1, -0.05) is 384 Å². The summed E-state index contributed by atoms with van der Waals surface area (Å²) < 4.78 is 5.48. The second-order valence-corrected chi connectivity index (χ2v) is 26.0. The van der Waals surface area contributed by atoms with Crippen LogP contribution in [-0.2, 0) is 14.3 Å². The maximum absolute atomic E-state index is 12.6. The van der Waals surface area contributed by atoms with E-state index in [1.165, 1.54) is 340 Å². The van der Waals surface area contributed by atoms with Crippen LogP contribution >= 0.6 is 0 Å². The van der Waals surface area contributed by atoms with E-state index in [4.69, 9.17) is 4.74 Å². The Morgan fingerprint density at radius 2 is 0.627 bits per heavy atom.